The first-order chi connectivity index (χ1) is 11.7. The minimum Gasteiger partial charge on any atom is -0.388 e. The zero-order valence-electron chi connectivity index (χ0n) is 13.7. The fourth-order valence-corrected chi connectivity index (χ4v) is 4.23. The Hall–Kier alpha value is -1.78. The molecule has 3 nitrogen and oxygen atoms in total. The lowest BCUT2D eigenvalue weighted by Crippen LogP contribution is -2.45. The number of carbonyl (C=O) groups excluding carboxylic acids is 1. The fraction of sp³-hybridized carbons (Fsp3) is 0.350. The highest BCUT2D eigenvalue weighted by Gasteiger charge is 2.30. The van der Waals surface area contributed by atoms with Gasteiger partial charge in [-0.25, -0.2) is 0 Å². The number of hydrogen-bond acceptors (Lipinski definition) is 3. The van der Waals surface area contributed by atoms with Gasteiger partial charge in [0.15, 0.2) is 0 Å². The third-order valence-electron chi connectivity index (χ3n) is 4.50. The standard InChI is InChI=1S/C20H23NO2S/c22-19(21-15-20(23)10-12-24-13-11-20)18-9-5-4-8-17(18)14-16-6-2-1-3-7-16/h1-9,23H,10-15H2,(H,21,22). The summed E-state index contributed by atoms with van der Waals surface area (Å²) in [6.07, 6.45) is 2.21. The molecule has 1 saturated heterocycles. The first-order valence-electron chi connectivity index (χ1n) is 8.36. The Kier molecular flexibility index (Phi) is 5.59. The molecule has 0 radical (unpaired) electrons. The van der Waals surface area contributed by atoms with Crippen LogP contribution in [-0.4, -0.2) is 34.7 Å². The Morgan fingerprint density at radius 1 is 1.04 bits per heavy atom. The highest BCUT2D eigenvalue weighted by Crippen LogP contribution is 2.26. The zero-order chi connectivity index (χ0) is 16.8. The molecule has 2 aromatic carbocycles. The van der Waals surface area contributed by atoms with Crippen LogP contribution in [0.2, 0.25) is 0 Å². The van der Waals surface area contributed by atoms with Crippen LogP contribution in [0.5, 0.6) is 0 Å². The van der Waals surface area contributed by atoms with E-state index >= 15 is 0 Å². The molecule has 1 fully saturated rings. The summed E-state index contributed by atoms with van der Waals surface area (Å²) in [5, 5.41) is 13.5. The molecule has 1 amide bonds. The summed E-state index contributed by atoms with van der Waals surface area (Å²) in [5.41, 5.74) is 2.12. The van der Waals surface area contributed by atoms with Crippen molar-refractivity contribution >= 4 is 17.7 Å². The summed E-state index contributed by atoms with van der Waals surface area (Å²) in [6.45, 7) is 0.325. The molecule has 2 N–H and O–H groups in total. The minimum atomic E-state index is -0.755. The zero-order valence-corrected chi connectivity index (χ0v) is 14.5. The van der Waals surface area contributed by atoms with Crippen LogP contribution in [-0.2, 0) is 6.42 Å². The lowest BCUT2D eigenvalue weighted by Gasteiger charge is -2.31. The Labute approximate surface area is 147 Å². The van der Waals surface area contributed by atoms with Gasteiger partial charge < -0.3 is 10.4 Å². The third kappa shape index (κ3) is 4.40. The van der Waals surface area contributed by atoms with Gasteiger partial charge >= 0.3 is 0 Å². The SMILES string of the molecule is O=C(NCC1(O)CCSCC1)c1ccccc1Cc1ccccc1. The van der Waals surface area contributed by atoms with E-state index in [1.165, 1.54) is 5.56 Å². The summed E-state index contributed by atoms with van der Waals surface area (Å²) in [6, 6.07) is 17.8. The quantitative estimate of drug-likeness (QED) is 0.877. The molecule has 1 aliphatic heterocycles. The van der Waals surface area contributed by atoms with Crippen LogP contribution in [0.25, 0.3) is 0 Å². The van der Waals surface area contributed by atoms with Gasteiger partial charge in [-0.2, -0.15) is 11.8 Å². The maximum Gasteiger partial charge on any atom is 0.251 e. The molecule has 0 unspecified atom stereocenters. The first kappa shape index (κ1) is 17.1. The molecule has 0 saturated carbocycles. The number of aliphatic hydroxyl groups is 1. The van der Waals surface area contributed by atoms with E-state index in [1.54, 1.807) is 0 Å². The van der Waals surface area contributed by atoms with Crippen LogP contribution in [0, 0.1) is 0 Å². The van der Waals surface area contributed by atoms with E-state index in [0.717, 1.165) is 36.3 Å². The molecule has 24 heavy (non-hydrogen) atoms. The van der Waals surface area contributed by atoms with Crippen molar-refractivity contribution in [2.24, 2.45) is 0 Å². The van der Waals surface area contributed by atoms with Gasteiger partial charge in [-0.15, -0.1) is 0 Å². The molecule has 1 heterocycles. The van der Waals surface area contributed by atoms with Gasteiger partial charge in [-0.3, -0.25) is 4.79 Å². The second-order valence-corrected chi connectivity index (χ2v) is 7.56. The molecule has 0 aliphatic carbocycles. The van der Waals surface area contributed by atoms with Crippen molar-refractivity contribution in [3.63, 3.8) is 0 Å². The molecule has 0 atom stereocenters. The molecule has 2 aromatic rings. The number of carbonyl (C=O) groups is 1. The number of amides is 1. The maximum atomic E-state index is 12.6. The van der Waals surface area contributed by atoms with Gasteiger partial charge in [0.2, 0.25) is 0 Å². The van der Waals surface area contributed by atoms with Gasteiger partial charge in [0.05, 0.1) is 5.60 Å². The number of rotatable bonds is 5. The number of benzene rings is 2. The molecular formula is C20H23NO2S. The smallest absolute Gasteiger partial charge is 0.251 e. The van der Waals surface area contributed by atoms with Crippen LogP contribution in [0.3, 0.4) is 0 Å². The number of hydrogen-bond donors (Lipinski definition) is 2. The van der Waals surface area contributed by atoms with Crippen molar-refractivity contribution < 1.29 is 9.90 Å². The van der Waals surface area contributed by atoms with Crippen LogP contribution in [0.4, 0.5) is 0 Å². The van der Waals surface area contributed by atoms with Crippen molar-refractivity contribution in [1.29, 1.82) is 0 Å². The van der Waals surface area contributed by atoms with Crippen molar-refractivity contribution in [1.82, 2.24) is 5.32 Å². The fourth-order valence-electron chi connectivity index (χ4n) is 2.98. The van der Waals surface area contributed by atoms with Crippen LogP contribution < -0.4 is 5.32 Å². The van der Waals surface area contributed by atoms with Crippen molar-refractivity contribution in [3.05, 3.63) is 71.3 Å². The Morgan fingerprint density at radius 3 is 2.46 bits per heavy atom. The van der Waals surface area contributed by atoms with E-state index in [0.29, 0.717) is 12.1 Å². The average molecular weight is 341 g/mol. The van der Waals surface area contributed by atoms with E-state index in [-0.39, 0.29) is 5.91 Å². The minimum absolute atomic E-state index is 0.104. The second-order valence-electron chi connectivity index (χ2n) is 6.34. The predicted octanol–water partition coefficient (Wildman–Crippen LogP) is 3.27. The lowest BCUT2D eigenvalue weighted by atomic mass is 9.96. The third-order valence-corrected chi connectivity index (χ3v) is 5.49. The van der Waals surface area contributed by atoms with Gasteiger partial charge in [-0.1, -0.05) is 48.5 Å². The first-order valence-corrected chi connectivity index (χ1v) is 9.52. The van der Waals surface area contributed by atoms with E-state index in [2.05, 4.69) is 17.4 Å². The summed E-state index contributed by atoms with van der Waals surface area (Å²) in [7, 11) is 0. The summed E-state index contributed by atoms with van der Waals surface area (Å²) < 4.78 is 0. The van der Waals surface area contributed by atoms with Gasteiger partial charge in [0.25, 0.3) is 5.91 Å². The van der Waals surface area contributed by atoms with Crippen LogP contribution >= 0.6 is 11.8 Å². The normalized spacial score (nSPS) is 16.5. The van der Waals surface area contributed by atoms with E-state index < -0.39 is 5.60 Å². The molecule has 0 aromatic heterocycles. The summed E-state index contributed by atoms with van der Waals surface area (Å²) in [4.78, 5) is 12.6. The van der Waals surface area contributed by atoms with E-state index in [1.807, 2.05) is 54.2 Å². The van der Waals surface area contributed by atoms with Crippen LogP contribution in [0.15, 0.2) is 54.6 Å². The monoisotopic (exact) mass is 341 g/mol. The largest absolute Gasteiger partial charge is 0.388 e. The highest BCUT2D eigenvalue weighted by atomic mass is 32.2. The average Bonchev–Trinajstić information content (AvgIpc) is 2.62. The maximum absolute atomic E-state index is 12.6. The molecule has 0 bridgehead atoms. The Bertz CT molecular complexity index is 681. The highest BCUT2D eigenvalue weighted by molar-refractivity contribution is 7.99. The molecule has 4 heteroatoms. The molecule has 126 valence electrons. The van der Waals surface area contributed by atoms with Crippen molar-refractivity contribution in [2.45, 2.75) is 24.9 Å². The predicted molar refractivity (Wildman–Crippen MR) is 99.5 cm³/mol. The second kappa shape index (κ2) is 7.86. The van der Waals surface area contributed by atoms with Crippen molar-refractivity contribution in [2.75, 3.05) is 18.1 Å². The Morgan fingerprint density at radius 2 is 1.71 bits per heavy atom. The van der Waals surface area contributed by atoms with E-state index in [4.69, 9.17) is 0 Å². The van der Waals surface area contributed by atoms with E-state index in [9.17, 15) is 9.90 Å². The van der Waals surface area contributed by atoms with Gasteiger partial charge in [0, 0.05) is 12.1 Å². The summed E-state index contributed by atoms with van der Waals surface area (Å²) in [5.74, 6) is 1.81. The topological polar surface area (TPSA) is 49.3 Å². The summed E-state index contributed by atoms with van der Waals surface area (Å²) >= 11 is 1.86. The van der Waals surface area contributed by atoms with Crippen molar-refractivity contribution in [3.8, 4) is 0 Å². The van der Waals surface area contributed by atoms with Gasteiger partial charge in [-0.05, 0) is 48.0 Å². The number of nitrogens with one attached hydrogen (secondary N) is 1. The van der Waals surface area contributed by atoms with Crippen LogP contribution in [0.1, 0.15) is 34.3 Å². The number of thioether (sulfide) groups is 1. The lowest BCUT2D eigenvalue weighted by molar-refractivity contribution is 0.0311. The molecule has 0 spiro atoms. The van der Waals surface area contributed by atoms with Gasteiger partial charge in [0.1, 0.15) is 0 Å². The molecule has 1 aliphatic rings. The Balaban J connectivity index is 1.68. The molecular weight excluding hydrogens is 318 g/mol. The molecule has 3 rings (SSSR count).